The van der Waals surface area contributed by atoms with Crippen molar-refractivity contribution in [1.82, 2.24) is 25.4 Å². The second kappa shape index (κ2) is 8.47. The number of aliphatic imine (C=N–C) groups is 1. The van der Waals surface area contributed by atoms with E-state index in [0.717, 1.165) is 30.6 Å². The van der Waals surface area contributed by atoms with Crippen molar-refractivity contribution < 1.29 is 0 Å². The van der Waals surface area contributed by atoms with Gasteiger partial charge in [-0.25, -0.2) is 4.99 Å². The van der Waals surface area contributed by atoms with Crippen LogP contribution >= 0.6 is 0 Å². The number of nitrogens with zero attached hydrogens (tertiary/aromatic N) is 4. The molecular weight excluding hydrogens is 300 g/mol. The molecule has 0 saturated carbocycles. The minimum absolute atomic E-state index is 0.176. The summed E-state index contributed by atoms with van der Waals surface area (Å²) in [7, 11) is 1.96. The van der Waals surface area contributed by atoms with Gasteiger partial charge in [-0.2, -0.15) is 0 Å². The number of nitrogens with one attached hydrogen (secondary N) is 2. The van der Waals surface area contributed by atoms with E-state index in [0.29, 0.717) is 6.54 Å². The molecule has 0 amide bonds. The highest BCUT2D eigenvalue weighted by atomic mass is 15.3. The van der Waals surface area contributed by atoms with Gasteiger partial charge in [-0.1, -0.05) is 31.2 Å². The minimum atomic E-state index is 0.176. The van der Waals surface area contributed by atoms with Crippen LogP contribution in [0.25, 0.3) is 0 Å². The molecule has 6 nitrogen and oxygen atoms in total. The molecule has 0 spiro atoms. The van der Waals surface area contributed by atoms with Crippen molar-refractivity contribution in [3.63, 3.8) is 0 Å². The van der Waals surface area contributed by atoms with E-state index in [1.165, 1.54) is 11.1 Å². The van der Waals surface area contributed by atoms with Gasteiger partial charge in [0.25, 0.3) is 0 Å². The summed E-state index contributed by atoms with van der Waals surface area (Å²) in [6, 6.07) is 8.88. The molecule has 1 aromatic carbocycles. The van der Waals surface area contributed by atoms with E-state index in [1.807, 2.05) is 18.5 Å². The molecule has 0 saturated heterocycles. The molecule has 2 rings (SSSR count). The summed E-state index contributed by atoms with van der Waals surface area (Å²) in [6.45, 7) is 9.61. The maximum absolute atomic E-state index is 4.63. The lowest BCUT2D eigenvalue weighted by atomic mass is 10.1. The second-order valence-corrected chi connectivity index (χ2v) is 5.88. The van der Waals surface area contributed by atoms with E-state index in [1.54, 1.807) is 0 Å². The van der Waals surface area contributed by atoms with Crippen LogP contribution in [0.4, 0.5) is 0 Å². The molecule has 0 aliphatic rings. The first-order chi connectivity index (χ1) is 11.5. The number of rotatable bonds is 6. The van der Waals surface area contributed by atoms with Gasteiger partial charge in [-0.15, -0.1) is 10.2 Å². The van der Waals surface area contributed by atoms with Gasteiger partial charge in [0, 0.05) is 13.6 Å². The zero-order valence-corrected chi connectivity index (χ0v) is 15.3. The highest BCUT2D eigenvalue weighted by Gasteiger charge is 2.09. The third-order valence-electron chi connectivity index (χ3n) is 4.15. The van der Waals surface area contributed by atoms with Crippen LogP contribution in [-0.4, -0.2) is 27.3 Å². The maximum Gasteiger partial charge on any atom is 0.192 e. The third kappa shape index (κ3) is 4.57. The van der Waals surface area contributed by atoms with Crippen LogP contribution < -0.4 is 10.6 Å². The Morgan fingerprint density at radius 1 is 1.21 bits per heavy atom. The number of aromatic nitrogens is 3. The molecular formula is C18H28N6. The number of hydrogen-bond acceptors (Lipinski definition) is 3. The minimum Gasteiger partial charge on any atom is -0.357 e. The van der Waals surface area contributed by atoms with Crippen molar-refractivity contribution in [3.8, 4) is 0 Å². The average molecular weight is 328 g/mol. The number of aryl methyl sites for hydroxylation is 2. The van der Waals surface area contributed by atoms with E-state index in [9.17, 15) is 0 Å². The molecule has 1 aromatic heterocycles. The van der Waals surface area contributed by atoms with Crippen LogP contribution in [0, 0.1) is 6.92 Å². The molecule has 1 heterocycles. The SMILES string of the molecule is CCNC(=NCc1nnc(C)n1C)NC(C)c1ccc(CC)cc1. The quantitative estimate of drug-likeness (QED) is 0.631. The lowest BCUT2D eigenvalue weighted by Crippen LogP contribution is -2.38. The Balaban J connectivity index is 2.05. The van der Waals surface area contributed by atoms with Gasteiger partial charge in [-0.05, 0) is 38.3 Å². The van der Waals surface area contributed by atoms with E-state index in [2.05, 4.69) is 70.9 Å². The predicted molar refractivity (Wildman–Crippen MR) is 97.9 cm³/mol. The highest BCUT2D eigenvalue weighted by Crippen LogP contribution is 2.13. The zero-order chi connectivity index (χ0) is 17.5. The first kappa shape index (κ1) is 18.0. The standard InChI is InChI=1S/C18H28N6/c1-6-15-8-10-16(11-9-15)13(3)21-18(19-7-2)20-12-17-23-22-14(4)24(17)5/h8-11,13H,6-7,12H2,1-5H3,(H2,19,20,21). The van der Waals surface area contributed by atoms with Crippen molar-refractivity contribution in [1.29, 1.82) is 0 Å². The number of hydrogen-bond donors (Lipinski definition) is 2. The van der Waals surface area contributed by atoms with E-state index in [4.69, 9.17) is 0 Å². The molecule has 0 radical (unpaired) electrons. The fourth-order valence-corrected chi connectivity index (χ4v) is 2.39. The summed E-state index contributed by atoms with van der Waals surface area (Å²) in [4.78, 5) is 4.63. The lowest BCUT2D eigenvalue weighted by Gasteiger charge is -2.18. The first-order valence-corrected chi connectivity index (χ1v) is 8.53. The summed E-state index contributed by atoms with van der Waals surface area (Å²) < 4.78 is 1.96. The summed E-state index contributed by atoms with van der Waals surface area (Å²) in [5.74, 6) is 2.53. The molecule has 2 aromatic rings. The third-order valence-corrected chi connectivity index (χ3v) is 4.15. The summed E-state index contributed by atoms with van der Waals surface area (Å²) >= 11 is 0. The highest BCUT2D eigenvalue weighted by molar-refractivity contribution is 5.80. The molecule has 2 N–H and O–H groups in total. The van der Waals surface area contributed by atoms with E-state index >= 15 is 0 Å². The van der Waals surface area contributed by atoms with Gasteiger partial charge in [-0.3, -0.25) is 0 Å². The molecule has 6 heteroatoms. The van der Waals surface area contributed by atoms with E-state index < -0.39 is 0 Å². The van der Waals surface area contributed by atoms with Gasteiger partial charge in [0.2, 0.25) is 0 Å². The Bertz CT molecular complexity index is 671. The van der Waals surface area contributed by atoms with Crippen LogP contribution in [0.5, 0.6) is 0 Å². The van der Waals surface area contributed by atoms with Crippen molar-refractivity contribution in [2.24, 2.45) is 12.0 Å². The van der Waals surface area contributed by atoms with Gasteiger partial charge >= 0.3 is 0 Å². The van der Waals surface area contributed by atoms with Crippen LogP contribution in [0.15, 0.2) is 29.3 Å². The van der Waals surface area contributed by atoms with Crippen LogP contribution in [0.2, 0.25) is 0 Å². The lowest BCUT2D eigenvalue weighted by molar-refractivity contribution is 0.681. The number of benzene rings is 1. The van der Waals surface area contributed by atoms with Crippen LogP contribution in [0.3, 0.4) is 0 Å². The van der Waals surface area contributed by atoms with Crippen molar-refractivity contribution in [2.75, 3.05) is 6.54 Å². The van der Waals surface area contributed by atoms with E-state index in [-0.39, 0.29) is 6.04 Å². The Morgan fingerprint density at radius 2 is 1.92 bits per heavy atom. The van der Waals surface area contributed by atoms with Crippen molar-refractivity contribution in [3.05, 3.63) is 47.0 Å². The fourth-order valence-electron chi connectivity index (χ4n) is 2.39. The summed E-state index contributed by atoms with van der Waals surface area (Å²) in [5.41, 5.74) is 2.59. The van der Waals surface area contributed by atoms with Crippen molar-refractivity contribution >= 4 is 5.96 Å². The largest absolute Gasteiger partial charge is 0.357 e. The normalized spacial score (nSPS) is 13.0. The summed E-state index contributed by atoms with van der Waals surface area (Å²) in [6.07, 6.45) is 1.06. The first-order valence-electron chi connectivity index (χ1n) is 8.53. The monoisotopic (exact) mass is 328 g/mol. The maximum atomic E-state index is 4.63. The zero-order valence-electron chi connectivity index (χ0n) is 15.3. The fraction of sp³-hybridized carbons (Fsp3) is 0.500. The summed E-state index contributed by atoms with van der Waals surface area (Å²) in [5, 5.41) is 15.0. The van der Waals surface area contributed by atoms with Gasteiger partial charge in [0.1, 0.15) is 12.4 Å². The Hall–Kier alpha value is -2.37. The Labute approximate surface area is 144 Å². The Kier molecular flexibility index (Phi) is 6.35. The van der Waals surface area contributed by atoms with Gasteiger partial charge in [0.05, 0.1) is 6.04 Å². The number of guanidine groups is 1. The van der Waals surface area contributed by atoms with Crippen LogP contribution in [-0.2, 0) is 20.0 Å². The molecule has 1 unspecified atom stereocenters. The molecule has 24 heavy (non-hydrogen) atoms. The molecule has 1 atom stereocenters. The van der Waals surface area contributed by atoms with Gasteiger partial charge < -0.3 is 15.2 Å². The second-order valence-electron chi connectivity index (χ2n) is 5.88. The average Bonchev–Trinajstić information content (AvgIpc) is 2.91. The topological polar surface area (TPSA) is 67.1 Å². The molecule has 0 fully saturated rings. The van der Waals surface area contributed by atoms with Crippen LogP contribution in [0.1, 0.15) is 49.6 Å². The van der Waals surface area contributed by atoms with Gasteiger partial charge in [0.15, 0.2) is 11.8 Å². The molecule has 130 valence electrons. The molecule has 0 bridgehead atoms. The molecule has 0 aliphatic heterocycles. The predicted octanol–water partition coefficient (Wildman–Crippen LogP) is 2.50. The Morgan fingerprint density at radius 3 is 2.46 bits per heavy atom. The van der Waals surface area contributed by atoms with Crippen molar-refractivity contribution in [2.45, 2.75) is 46.7 Å². The molecule has 0 aliphatic carbocycles. The smallest absolute Gasteiger partial charge is 0.192 e.